The van der Waals surface area contributed by atoms with Gasteiger partial charge in [0.05, 0.1) is 22.4 Å². The van der Waals surface area contributed by atoms with Gasteiger partial charge in [0.2, 0.25) is 0 Å². The fourth-order valence-corrected chi connectivity index (χ4v) is 1.83. The summed E-state index contributed by atoms with van der Waals surface area (Å²) in [6, 6.07) is 6.30. The van der Waals surface area contributed by atoms with E-state index < -0.39 is 0 Å². The first-order valence-electron chi connectivity index (χ1n) is 5.75. The molecule has 1 aromatic carbocycles. The number of aromatic nitrogens is 3. The van der Waals surface area contributed by atoms with Crippen LogP contribution in [-0.2, 0) is 0 Å². The maximum atomic E-state index is 4.18. The summed E-state index contributed by atoms with van der Waals surface area (Å²) < 4.78 is 1.83. The van der Waals surface area contributed by atoms with Gasteiger partial charge in [0.1, 0.15) is 0 Å². The van der Waals surface area contributed by atoms with E-state index in [0.29, 0.717) is 0 Å². The molecular weight excluding hydrogens is 278 g/mol. The second-order valence-electron chi connectivity index (χ2n) is 4.23. The Kier molecular flexibility index (Phi) is 3.62. The van der Waals surface area contributed by atoms with E-state index in [1.807, 2.05) is 10.9 Å². The number of aryl methyl sites for hydroxylation is 2. The van der Waals surface area contributed by atoms with Gasteiger partial charge >= 0.3 is 0 Å². The van der Waals surface area contributed by atoms with Crippen molar-refractivity contribution in [3.8, 4) is 5.69 Å². The third kappa shape index (κ3) is 2.57. The van der Waals surface area contributed by atoms with Gasteiger partial charge in [-0.25, -0.2) is 4.68 Å². The molecule has 90 valence electrons. The molecule has 0 aliphatic carbocycles. The van der Waals surface area contributed by atoms with Crippen LogP contribution in [-0.4, -0.2) is 15.0 Å². The maximum Gasteiger partial charge on any atom is 0.0967 e. The van der Waals surface area contributed by atoms with E-state index in [2.05, 4.69) is 65.2 Å². The van der Waals surface area contributed by atoms with Crippen LogP contribution >= 0.6 is 15.9 Å². The van der Waals surface area contributed by atoms with Gasteiger partial charge in [-0.15, -0.1) is 5.10 Å². The molecule has 1 atom stereocenters. The Labute approximate surface area is 110 Å². The van der Waals surface area contributed by atoms with Gasteiger partial charge < -0.3 is 0 Å². The first kappa shape index (κ1) is 12.3. The summed E-state index contributed by atoms with van der Waals surface area (Å²) in [4.78, 5) is 0.280. The van der Waals surface area contributed by atoms with E-state index in [4.69, 9.17) is 0 Å². The van der Waals surface area contributed by atoms with E-state index in [1.54, 1.807) is 0 Å². The van der Waals surface area contributed by atoms with Crippen LogP contribution in [0.3, 0.4) is 0 Å². The van der Waals surface area contributed by atoms with Gasteiger partial charge in [-0.2, -0.15) is 0 Å². The summed E-state index contributed by atoms with van der Waals surface area (Å²) in [5.41, 5.74) is 4.60. The SMILES string of the molecule is CCC(Br)c1cn(-c2ccc(C)c(C)c2)nn1. The Morgan fingerprint density at radius 2 is 2.06 bits per heavy atom. The predicted octanol–water partition coefficient (Wildman–Crippen LogP) is 3.73. The molecule has 0 N–H and O–H groups in total. The van der Waals surface area contributed by atoms with Crippen LogP contribution in [0.2, 0.25) is 0 Å². The van der Waals surface area contributed by atoms with Crippen molar-refractivity contribution >= 4 is 15.9 Å². The Bertz CT molecular complexity index is 519. The lowest BCUT2D eigenvalue weighted by Gasteiger charge is -2.04. The highest BCUT2D eigenvalue weighted by Gasteiger charge is 2.10. The van der Waals surface area contributed by atoms with Crippen molar-refractivity contribution in [2.24, 2.45) is 0 Å². The first-order valence-corrected chi connectivity index (χ1v) is 6.67. The van der Waals surface area contributed by atoms with E-state index in [9.17, 15) is 0 Å². The average molecular weight is 294 g/mol. The van der Waals surface area contributed by atoms with E-state index in [1.165, 1.54) is 11.1 Å². The van der Waals surface area contributed by atoms with Crippen LogP contribution in [0.4, 0.5) is 0 Å². The third-order valence-corrected chi connectivity index (χ3v) is 4.06. The van der Waals surface area contributed by atoms with Crippen LogP contribution in [0.15, 0.2) is 24.4 Å². The molecule has 0 fully saturated rings. The molecule has 2 aromatic rings. The standard InChI is InChI=1S/C13H16BrN3/c1-4-12(14)13-8-17(16-15-13)11-6-5-9(2)10(3)7-11/h5-8,12H,4H2,1-3H3. The molecule has 1 unspecified atom stereocenters. The molecular formula is C13H16BrN3. The summed E-state index contributed by atoms with van der Waals surface area (Å²) in [5.74, 6) is 0. The summed E-state index contributed by atoms with van der Waals surface area (Å²) in [6.45, 7) is 6.34. The molecule has 0 bridgehead atoms. The minimum absolute atomic E-state index is 0.280. The number of rotatable bonds is 3. The van der Waals surface area contributed by atoms with Crippen LogP contribution < -0.4 is 0 Å². The summed E-state index contributed by atoms with van der Waals surface area (Å²) in [7, 11) is 0. The van der Waals surface area contributed by atoms with Crippen molar-refractivity contribution < 1.29 is 0 Å². The second-order valence-corrected chi connectivity index (χ2v) is 5.34. The Balaban J connectivity index is 2.33. The quantitative estimate of drug-likeness (QED) is 0.808. The van der Waals surface area contributed by atoms with Crippen molar-refractivity contribution in [2.45, 2.75) is 32.0 Å². The zero-order chi connectivity index (χ0) is 12.4. The van der Waals surface area contributed by atoms with Gasteiger partial charge in [0.25, 0.3) is 0 Å². The first-order chi connectivity index (χ1) is 8.11. The average Bonchev–Trinajstić information content (AvgIpc) is 2.81. The summed E-state index contributed by atoms with van der Waals surface area (Å²) >= 11 is 3.58. The van der Waals surface area contributed by atoms with Crippen molar-refractivity contribution in [2.75, 3.05) is 0 Å². The number of nitrogens with zero attached hydrogens (tertiary/aromatic N) is 3. The second kappa shape index (κ2) is 5.00. The molecule has 0 aliphatic rings. The lowest BCUT2D eigenvalue weighted by molar-refractivity contribution is 0.789. The number of hydrogen-bond acceptors (Lipinski definition) is 2. The lowest BCUT2D eigenvalue weighted by Crippen LogP contribution is -1.96. The van der Waals surface area contributed by atoms with Gasteiger partial charge in [-0.3, -0.25) is 0 Å². The van der Waals surface area contributed by atoms with Crippen molar-refractivity contribution in [3.05, 3.63) is 41.2 Å². The molecule has 0 saturated heterocycles. The molecule has 2 rings (SSSR count). The highest BCUT2D eigenvalue weighted by molar-refractivity contribution is 9.09. The maximum absolute atomic E-state index is 4.18. The lowest BCUT2D eigenvalue weighted by atomic mass is 10.1. The van der Waals surface area contributed by atoms with Crippen LogP contribution in [0.25, 0.3) is 5.69 Å². The van der Waals surface area contributed by atoms with Crippen LogP contribution in [0, 0.1) is 13.8 Å². The summed E-state index contributed by atoms with van der Waals surface area (Å²) in [6.07, 6.45) is 2.98. The highest BCUT2D eigenvalue weighted by atomic mass is 79.9. The molecule has 0 aliphatic heterocycles. The van der Waals surface area contributed by atoms with Gasteiger partial charge in [-0.05, 0) is 43.5 Å². The molecule has 4 heteroatoms. The third-order valence-electron chi connectivity index (χ3n) is 2.95. The topological polar surface area (TPSA) is 30.7 Å². The van der Waals surface area contributed by atoms with Gasteiger partial charge in [-0.1, -0.05) is 34.1 Å². The highest BCUT2D eigenvalue weighted by Crippen LogP contribution is 2.24. The van der Waals surface area contributed by atoms with Gasteiger partial charge in [0, 0.05) is 0 Å². The molecule has 1 aromatic heterocycles. The van der Waals surface area contributed by atoms with Crippen molar-refractivity contribution in [1.82, 2.24) is 15.0 Å². The van der Waals surface area contributed by atoms with Crippen molar-refractivity contribution in [3.63, 3.8) is 0 Å². The minimum Gasteiger partial charge on any atom is -0.220 e. The molecule has 17 heavy (non-hydrogen) atoms. The fourth-order valence-electron chi connectivity index (χ4n) is 1.62. The monoisotopic (exact) mass is 293 g/mol. The predicted molar refractivity (Wildman–Crippen MR) is 72.8 cm³/mol. The van der Waals surface area contributed by atoms with Gasteiger partial charge in [0.15, 0.2) is 0 Å². The zero-order valence-electron chi connectivity index (χ0n) is 10.3. The molecule has 0 radical (unpaired) electrons. The number of alkyl halides is 1. The fraction of sp³-hybridized carbons (Fsp3) is 0.385. The number of hydrogen-bond donors (Lipinski definition) is 0. The smallest absolute Gasteiger partial charge is 0.0967 e. The zero-order valence-corrected chi connectivity index (χ0v) is 11.9. The Hall–Kier alpha value is -1.16. The van der Waals surface area contributed by atoms with E-state index in [-0.39, 0.29) is 4.83 Å². The summed E-state index contributed by atoms with van der Waals surface area (Å²) in [5, 5.41) is 8.34. The van der Waals surface area contributed by atoms with Crippen molar-refractivity contribution in [1.29, 1.82) is 0 Å². The molecule has 0 amide bonds. The molecule has 3 nitrogen and oxygen atoms in total. The Morgan fingerprint density at radius 1 is 1.29 bits per heavy atom. The number of benzene rings is 1. The van der Waals surface area contributed by atoms with E-state index >= 15 is 0 Å². The molecule has 0 spiro atoms. The molecule has 0 saturated carbocycles. The normalized spacial score (nSPS) is 12.7. The Morgan fingerprint density at radius 3 is 2.71 bits per heavy atom. The number of halogens is 1. The van der Waals surface area contributed by atoms with Crippen LogP contribution in [0.5, 0.6) is 0 Å². The largest absolute Gasteiger partial charge is 0.220 e. The minimum atomic E-state index is 0.280. The molecule has 1 heterocycles. The van der Waals surface area contributed by atoms with Crippen LogP contribution in [0.1, 0.15) is 35.0 Å². The van der Waals surface area contributed by atoms with E-state index in [0.717, 1.165) is 17.8 Å².